The molecule has 3 aromatic carbocycles. The molecule has 0 radical (unpaired) electrons. The number of rotatable bonds is 6. The van der Waals surface area contributed by atoms with E-state index in [4.69, 9.17) is 14.2 Å². The van der Waals surface area contributed by atoms with E-state index < -0.39 is 0 Å². The van der Waals surface area contributed by atoms with E-state index in [1.807, 2.05) is 54.6 Å². The van der Waals surface area contributed by atoms with Crippen LogP contribution in [0.25, 0.3) is 11.8 Å². The van der Waals surface area contributed by atoms with Gasteiger partial charge in [0.25, 0.3) is 0 Å². The topological polar surface area (TPSA) is 44.8 Å². The van der Waals surface area contributed by atoms with Crippen LogP contribution in [0.4, 0.5) is 0 Å². The molecule has 0 aliphatic carbocycles. The number of hydrogen-bond acceptors (Lipinski definition) is 4. The Morgan fingerprint density at radius 1 is 1.00 bits per heavy atom. The molecule has 0 atom stereocenters. The first kappa shape index (κ1) is 20.9. The van der Waals surface area contributed by atoms with Crippen LogP contribution in [-0.4, -0.2) is 13.1 Å². The van der Waals surface area contributed by atoms with E-state index in [9.17, 15) is 4.79 Å². The highest BCUT2D eigenvalue weighted by Gasteiger charge is 2.22. The van der Waals surface area contributed by atoms with E-state index in [0.29, 0.717) is 29.4 Å². The average molecular weight is 477 g/mol. The standard InChI is InChI=1S/C26H21BrO4/c1-17-4-3-5-19(12-17)16-30-23-11-6-18(14-25(23)29-2)13-21-15-24(31-26(21)28)20-7-9-22(27)10-8-20/h3-15H,16H2,1-2H3/b21-13+. The van der Waals surface area contributed by atoms with Gasteiger partial charge >= 0.3 is 5.97 Å². The van der Waals surface area contributed by atoms with Crippen molar-refractivity contribution in [3.63, 3.8) is 0 Å². The number of aryl methyl sites for hydroxylation is 1. The van der Waals surface area contributed by atoms with Gasteiger partial charge in [-0.3, -0.25) is 0 Å². The van der Waals surface area contributed by atoms with E-state index in [1.54, 1.807) is 19.3 Å². The van der Waals surface area contributed by atoms with Crippen molar-refractivity contribution in [1.29, 1.82) is 0 Å². The number of cyclic esters (lactones) is 1. The summed E-state index contributed by atoms with van der Waals surface area (Å²) in [6.07, 6.45) is 3.53. The van der Waals surface area contributed by atoms with Crippen LogP contribution in [0.1, 0.15) is 22.3 Å². The maximum absolute atomic E-state index is 12.3. The Bertz CT molecular complexity index is 1180. The zero-order valence-electron chi connectivity index (χ0n) is 17.2. The van der Waals surface area contributed by atoms with Gasteiger partial charge in [0.15, 0.2) is 11.5 Å². The molecule has 1 heterocycles. The first-order chi connectivity index (χ1) is 15.0. The summed E-state index contributed by atoms with van der Waals surface area (Å²) in [4.78, 5) is 12.3. The van der Waals surface area contributed by atoms with Crippen LogP contribution in [0.5, 0.6) is 11.5 Å². The Morgan fingerprint density at radius 2 is 1.81 bits per heavy atom. The highest BCUT2D eigenvalue weighted by atomic mass is 79.9. The Morgan fingerprint density at radius 3 is 2.55 bits per heavy atom. The van der Waals surface area contributed by atoms with Crippen molar-refractivity contribution in [3.8, 4) is 11.5 Å². The molecule has 1 aliphatic rings. The summed E-state index contributed by atoms with van der Waals surface area (Å²) in [5, 5.41) is 0. The minimum Gasteiger partial charge on any atom is -0.493 e. The number of hydrogen-bond donors (Lipinski definition) is 0. The van der Waals surface area contributed by atoms with Gasteiger partial charge in [-0.1, -0.05) is 64.0 Å². The molecule has 3 aromatic rings. The lowest BCUT2D eigenvalue weighted by atomic mass is 10.1. The second-order valence-electron chi connectivity index (χ2n) is 7.19. The number of ether oxygens (including phenoxy) is 3. The zero-order valence-corrected chi connectivity index (χ0v) is 18.8. The van der Waals surface area contributed by atoms with Gasteiger partial charge in [-0.15, -0.1) is 0 Å². The number of esters is 1. The Labute approximate surface area is 189 Å². The van der Waals surface area contributed by atoms with Gasteiger partial charge in [-0.2, -0.15) is 0 Å². The van der Waals surface area contributed by atoms with Crippen LogP contribution >= 0.6 is 15.9 Å². The van der Waals surface area contributed by atoms with Crippen molar-refractivity contribution >= 4 is 33.7 Å². The van der Waals surface area contributed by atoms with Gasteiger partial charge in [0.2, 0.25) is 0 Å². The molecule has 4 rings (SSSR count). The van der Waals surface area contributed by atoms with Crippen molar-refractivity contribution in [2.75, 3.05) is 7.11 Å². The molecule has 5 heteroatoms. The van der Waals surface area contributed by atoms with Gasteiger partial charge in [-0.25, -0.2) is 4.79 Å². The molecular formula is C26H21BrO4. The highest BCUT2D eigenvalue weighted by Crippen LogP contribution is 2.32. The van der Waals surface area contributed by atoms with E-state index in [-0.39, 0.29) is 5.97 Å². The van der Waals surface area contributed by atoms with Gasteiger partial charge in [0.05, 0.1) is 12.7 Å². The monoisotopic (exact) mass is 476 g/mol. The summed E-state index contributed by atoms with van der Waals surface area (Å²) in [5.41, 5.74) is 4.42. The maximum atomic E-state index is 12.3. The van der Waals surface area contributed by atoms with Crippen molar-refractivity contribution in [2.45, 2.75) is 13.5 Å². The lowest BCUT2D eigenvalue weighted by Crippen LogP contribution is -1.99. The van der Waals surface area contributed by atoms with Gasteiger partial charge in [0, 0.05) is 10.0 Å². The Balaban J connectivity index is 1.53. The van der Waals surface area contributed by atoms with Crippen LogP contribution < -0.4 is 9.47 Å². The summed E-state index contributed by atoms with van der Waals surface area (Å²) in [6, 6.07) is 21.4. The van der Waals surface area contributed by atoms with Gasteiger partial charge < -0.3 is 14.2 Å². The minimum absolute atomic E-state index is 0.378. The number of methoxy groups -OCH3 is 1. The fraction of sp³-hybridized carbons (Fsp3) is 0.115. The smallest absolute Gasteiger partial charge is 0.343 e. The Kier molecular flexibility index (Phi) is 6.23. The van der Waals surface area contributed by atoms with Crippen molar-refractivity contribution < 1.29 is 19.0 Å². The van der Waals surface area contributed by atoms with Crippen molar-refractivity contribution in [3.05, 3.63) is 105 Å². The summed E-state index contributed by atoms with van der Waals surface area (Å²) in [6.45, 7) is 2.50. The molecule has 0 amide bonds. The zero-order chi connectivity index (χ0) is 21.8. The van der Waals surface area contributed by atoms with E-state index in [0.717, 1.165) is 21.2 Å². The molecule has 0 spiro atoms. The predicted molar refractivity (Wildman–Crippen MR) is 125 cm³/mol. The molecule has 0 saturated carbocycles. The van der Waals surface area contributed by atoms with Crippen LogP contribution in [0.3, 0.4) is 0 Å². The summed E-state index contributed by atoms with van der Waals surface area (Å²) in [5.74, 6) is 1.40. The molecule has 0 saturated heterocycles. The second kappa shape index (κ2) is 9.23. The molecular weight excluding hydrogens is 456 g/mol. The third-order valence-electron chi connectivity index (χ3n) is 4.84. The number of carbonyl (C=O) groups excluding carboxylic acids is 1. The molecule has 156 valence electrons. The fourth-order valence-electron chi connectivity index (χ4n) is 3.28. The summed E-state index contributed by atoms with van der Waals surface area (Å²) < 4.78 is 17.8. The fourth-order valence-corrected chi connectivity index (χ4v) is 3.55. The third-order valence-corrected chi connectivity index (χ3v) is 5.37. The van der Waals surface area contributed by atoms with Gasteiger partial charge in [0.1, 0.15) is 12.4 Å². The Hall–Kier alpha value is -3.31. The highest BCUT2D eigenvalue weighted by molar-refractivity contribution is 9.10. The molecule has 31 heavy (non-hydrogen) atoms. The van der Waals surface area contributed by atoms with Crippen LogP contribution in [0.15, 0.2) is 82.9 Å². The molecule has 0 bridgehead atoms. The number of halogens is 1. The minimum atomic E-state index is -0.378. The van der Waals surface area contributed by atoms with E-state index in [1.165, 1.54) is 5.56 Å². The first-order valence-electron chi connectivity index (χ1n) is 9.80. The second-order valence-corrected chi connectivity index (χ2v) is 8.11. The SMILES string of the molecule is COc1cc(/C=C2\C=C(c3ccc(Br)cc3)OC2=O)ccc1OCc1cccc(C)c1. The van der Waals surface area contributed by atoms with Crippen LogP contribution in [0, 0.1) is 6.92 Å². The van der Waals surface area contributed by atoms with Crippen LogP contribution in [0.2, 0.25) is 0 Å². The molecule has 0 N–H and O–H groups in total. The number of benzene rings is 3. The van der Waals surface area contributed by atoms with Gasteiger partial charge in [-0.05, 0) is 54.5 Å². The summed E-state index contributed by atoms with van der Waals surface area (Å²) in [7, 11) is 1.60. The molecule has 0 aromatic heterocycles. The van der Waals surface area contributed by atoms with E-state index >= 15 is 0 Å². The lowest BCUT2D eigenvalue weighted by Gasteiger charge is -2.12. The van der Waals surface area contributed by atoms with E-state index in [2.05, 4.69) is 35.0 Å². The lowest BCUT2D eigenvalue weighted by molar-refractivity contribution is -0.130. The molecule has 0 unspecified atom stereocenters. The van der Waals surface area contributed by atoms with Crippen molar-refractivity contribution in [2.24, 2.45) is 0 Å². The predicted octanol–water partition coefficient (Wildman–Crippen LogP) is 6.33. The summed E-state index contributed by atoms with van der Waals surface area (Å²) >= 11 is 3.41. The molecule has 0 fully saturated rings. The first-order valence-corrected chi connectivity index (χ1v) is 10.6. The van der Waals surface area contributed by atoms with Crippen molar-refractivity contribution in [1.82, 2.24) is 0 Å². The molecule has 1 aliphatic heterocycles. The molecule has 4 nitrogen and oxygen atoms in total. The van der Waals surface area contributed by atoms with Crippen LogP contribution in [-0.2, 0) is 16.1 Å². The average Bonchev–Trinajstić information content (AvgIpc) is 3.13. The maximum Gasteiger partial charge on any atom is 0.343 e. The largest absolute Gasteiger partial charge is 0.493 e. The third kappa shape index (κ3) is 5.06. The normalized spacial score (nSPS) is 14.4. The quantitative estimate of drug-likeness (QED) is 0.308. The number of carbonyl (C=O) groups is 1.